The van der Waals surface area contributed by atoms with Gasteiger partial charge >= 0.3 is 5.97 Å². The number of halogens is 2. The van der Waals surface area contributed by atoms with Crippen LogP contribution >= 0.6 is 23.2 Å². The minimum atomic E-state index is -3.97. The molecular formula is C44H52Cl2N18O8S. The molecule has 13 N–H and O–H groups in total. The molecule has 5 aliphatic rings. The Morgan fingerprint density at radius 3 is 1.74 bits per heavy atom. The maximum absolute atomic E-state index is 13.3. The van der Waals surface area contributed by atoms with E-state index in [1.54, 1.807) is 22.1 Å². The zero-order valence-electron chi connectivity index (χ0n) is 39.3. The summed E-state index contributed by atoms with van der Waals surface area (Å²) < 4.78 is 27.7. The first kappa shape index (κ1) is 51.9. The van der Waals surface area contributed by atoms with Gasteiger partial charge in [-0.2, -0.15) is 4.31 Å². The second-order valence-electron chi connectivity index (χ2n) is 18.1. The summed E-state index contributed by atoms with van der Waals surface area (Å²) in [6.07, 6.45) is 4.92. The van der Waals surface area contributed by atoms with Gasteiger partial charge in [-0.3, -0.25) is 49.6 Å². The maximum Gasteiger partial charge on any atom is 0.307 e. The molecule has 2 spiro atoms. The Bertz CT molecular complexity index is 3060. The number of aliphatic imine (C=N–C) groups is 2. The molecule has 3 saturated heterocycles. The molecule has 0 aliphatic carbocycles. The molecule has 0 radical (unpaired) electrons. The van der Waals surface area contributed by atoms with Crippen LogP contribution in [-0.4, -0.2) is 158 Å². The number of nitrogen functional groups attached to an aromatic ring is 4. The fourth-order valence-corrected chi connectivity index (χ4v) is 10.8. The molecule has 3 fully saturated rings. The van der Waals surface area contributed by atoms with Crippen molar-refractivity contribution in [3.05, 3.63) is 81.1 Å². The highest BCUT2D eigenvalue weighted by molar-refractivity contribution is 7.89. The van der Waals surface area contributed by atoms with Gasteiger partial charge in [0.25, 0.3) is 23.6 Å². The van der Waals surface area contributed by atoms with Gasteiger partial charge < -0.3 is 48.5 Å². The van der Waals surface area contributed by atoms with Crippen LogP contribution in [-0.2, 0) is 14.8 Å². The average Bonchev–Trinajstić information content (AvgIpc) is 3.96. The average molecular weight is 1060 g/mol. The third-order valence-corrected chi connectivity index (χ3v) is 15.6. The van der Waals surface area contributed by atoms with Crippen molar-refractivity contribution in [3.63, 3.8) is 0 Å². The summed E-state index contributed by atoms with van der Waals surface area (Å²) >= 11 is 11.7. The monoisotopic (exact) mass is 1060 g/mol. The molecule has 1 atom stereocenters. The van der Waals surface area contributed by atoms with Crippen molar-refractivity contribution in [1.29, 1.82) is 0 Å². The lowest BCUT2D eigenvalue weighted by molar-refractivity contribution is -0.142. The van der Waals surface area contributed by atoms with Crippen molar-refractivity contribution >= 4 is 98.0 Å². The van der Waals surface area contributed by atoms with Gasteiger partial charge in [-0.25, -0.2) is 28.4 Å². The van der Waals surface area contributed by atoms with Crippen LogP contribution in [0.4, 0.5) is 23.3 Å². The number of likely N-dealkylation sites (tertiary alicyclic amines) is 2. The summed E-state index contributed by atoms with van der Waals surface area (Å²) in [4.78, 5) is 94.5. The van der Waals surface area contributed by atoms with E-state index in [-0.39, 0.29) is 91.8 Å². The first-order valence-electron chi connectivity index (χ1n) is 22.9. The Hall–Kier alpha value is -7.49. The van der Waals surface area contributed by atoms with E-state index in [9.17, 15) is 37.5 Å². The van der Waals surface area contributed by atoms with Crippen LogP contribution in [0.2, 0.25) is 10.3 Å². The third kappa shape index (κ3) is 11.3. The molecule has 4 amide bonds. The standard InChI is InChI=1S/C25H30ClN9O6S.C19H22ClN9O2/c26-18-20(28)31-19(27)17(30-18)21(36)32-24-29-13-25(33-24)6-9-34(10-7-25)22(37)14-3-1-5-16(11-14)42(40,41)35-8-2-4-15(12-35)23(38)39;1-10-3-2-6-23-11(10)17(31)29-7-4-19(5-8-29)9-24-18(28-19)27-16(30)12-14(21)26-15(22)13(20)25-12/h1,3,5,11,15H,2,4,6-10,12-13H2,(H,38,39)(H4,27,28,31)(H2,29,32,33,36);2-3,6H,4-5,7-9H2,1H3,(H4,21,22,26)(H2,24,27,28,30). The SMILES string of the molecule is Cc1cccnc1C(=O)N1CCC2(CC1)CN=C(NC(=O)c1nc(Cl)c(N)nc1N)N2.Nc1nc(N)c(C(=O)NC2=NCC3(CCN(C(=O)c4cccc(S(=O)(=O)N5CCCC(C(=O)O)C5)c4)CC3)N2)nc1Cl. The van der Waals surface area contributed by atoms with Crippen LogP contribution in [0, 0.1) is 12.8 Å². The van der Waals surface area contributed by atoms with E-state index in [4.69, 9.17) is 46.1 Å². The molecule has 1 unspecified atom stereocenters. The number of carboxylic acids is 1. The summed E-state index contributed by atoms with van der Waals surface area (Å²) in [5.74, 6) is -3.30. The largest absolute Gasteiger partial charge is 0.481 e. The molecule has 8 heterocycles. The summed E-state index contributed by atoms with van der Waals surface area (Å²) in [7, 11) is -3.97. The molecule has 3 aromatic heterocycles. The Balaban J connectivity index is 0.000000204. The van der Waals surface area contributed by atoms with E-state index in [0.29, 0.717) is 89.4 Å². The Kier molecular flexibility index (Phi) is 14.9. The third-order valence-electron chi connectivity index (χ3n) is 13.2. The van der Waals surface area contributed by atoms with E-state index in [0.717, 1.165) is 5.56 Å². The maximum atomic E-state index is 13.3. The number of nitrogens with one attached hydrogen (secondary N) is 4. The molecule has 4 aromatic rings. The van der Waals surface area contributed by atoms with Crippen molar-refractivity contribution < 1.29 is 37.5 Å². The molecule has 1 aromatic carbocycles. The van der Waals surface area contributed by atoms with E-state index < -0.39 is 39.3 Å². The number of pyridine rings is 1. The van der Waals surface area contributed by atoms with Gasteiger partial charge in [0.2, 0.25) is 10.0 Å². The smallest absolute Gasteiger partial charge is 0.307 e. The Labute approximate surface area is 427 Å². The van der Waals surface area contributed by atoms with Gasteiger partial charge in [0.05, 0.1) is 35.0 Å². The molecule has 26 nitrogen and oxygen atoms in total. The number of hydrogen-bond acceptors (Lipinski definition) is 20. The van der Waals surface area contributed by atoms with Gasteiger partial charge in [0.15, 0.2) is 56.9 Å². The number of carbonyl (C=O) groups excluding carboxylic acids is 4. The number of aromatic nitrogens is 5. The predicted molar refractivity (Wildman–Crippen MR) is 268 cm³/mol. The van der Waals surface area contributed by atoms with Crippen LogP contribution in [0.3, 0.4) is 0 Å². The second kappa shape index (κ2) is 20.9. The highest BCUT2D eigenvalue weighted by Gasteiger charge is 2.42. The van der Waals surface area contributed by atoms with E-state index >= 15 is 0 Å². The van der Waals surface area contributed by atoms with Crippen LogP contribution in [0.25, 0.3) is 0 Å². The number of rotatable bonds is 7. The van der Waals surface area contributed by atoms with Crippen LogP contribution < -0.4 is 44.2 Å². The first-order chi connectivity index (χ1) is 34.7. The zero-order chi connectivity index (χ0) is 52.4. The van der Waals surface area contributed by atoms with E-state index in [1.165, 1.54) is 22.5 Å². The minimum absolute atomic E-state index is 0.0480. The number of carbonyl (C=O) groups is 5. The van der Waals surface area contributed by atoms with Crippen molar-refractivity contribution in [1.82, 2.24) is 60.3 Å². The number of nitrogens with zero attached hydrogens (tertiary/aromatic N) is 10. The van der Waals surface area contributed by atoms with Gasteiger partial charge in [0.1, 0.15) is 5.69 Å². The number of anilines is 4. The van der Waals surface area contributed by atoms with E-state index in [1.807, 2.05) is 19.1 Å². The molecule has 0 bridgehead atoms. The van der Waals surface area contributed by atoms with Crippen molar-refractivity contribution in [2.45, 2.75) is 61.4 Å². The molecule has 29 heteroatoms. The molecule has 9 rings (SSSR count). The Morgan fingerprint density at radius 1 is 0.712 bits per heavy atom. The van der Waals surface area contributed by atoms with E-state index in [2.05, 4.69) is 56.2 Å². The number of aryl methyl sites for hydroxylation is 1. The predicted octanol–water partition coefficient (Wildman–Crippen LogP) is 0.506. The lowest BCUT2D eigenvalue weighted by Crippen LogP contribution is -2.57. The van der Waals surface area contributed by atoms with Crippen LogP contribution in [0.1, 0.15) is 85.9 Å². The zero-order valence-corrected chi connectivity index (χ0v) is 41.6. The number of guanidine groups is 2. The van der Waals surface area contributed by atoms with Gasteiger partial charge in [-0.15, -0.1) is 0 Å². The number of carboxylic acid groups (broad SMARTS) is 1. The second-order valence-corrected chi connectivity index (χ2v) is 20.8. The number of amides is 4. The molecule has 5 aliphatic heterocycles. The molecule has 386 valence electrons. The number of nitrogens with two attached hydrogens (primary N) is 4. The number of sulfonamides is 1. The number of piperidine rings is 3. The molecule has 73 heavy (non-hydrogen) atoms. The lowest BCUT2D eigenvalue weighted by Gasteiger charge is -2.39. The number of hydrogen-bond donors (Lipinski definition) is 9. The van der Waals surface area contributed by atoms with Crippen molar-refractivity contribution in [3.8, 4) is 0 Å². The summed E-state index contributed by atoms with van der Waals surface area (Å²) in [6, 6.07) is 9.51. The highest BCUT2D eigenvalue weighted by atomic mass is 35.5. The van der Waals surface area contributed by atoms with Gasteiger partial charge in [-0.1, -0.05) is 35.3 Å². The first-order valence-corrected chi connectivity index (χ1v) is 25.1. The van der Waals surface area contributed by atoms with Gasteiger partial charge in [-0.05, 0) is 75.3 Å². The summed E-state index contributed by atoms with van der Waals surface area (Å²) in [5.41, 5.74) is 23.0. The van der Waals surface area contributed by atoms with Crippen LogP contribution in [0.5, 0.6) is 0 Å². The summed E-state index contributed by atoms with van der Waals surface area (Å²) in [5, 5.41) is 20.9. The van der Waals surface area contributed by atoms with Gasteiger partial charge in [0, 0.05) is 51.0 Å². The normalized spacial score (nSPS) is 19.1. The minimum Gasteiger partial charge on any atom is -0.481 e. The van der Waals surface area contributed by atoms with Crippen molar-refractivity contribution in [2.75, 3.05) is 75.3 Å². The molecular weight excluding hydrogens is 1010 g/mol. The highest BCUT2D eigenvalue weighted by Crippen LogP contribution is 2.30. The topological polar surface area (TPSA) is 391 Å². The quantitative estimate of drug-likeness (QED) is 0.122. The fourth-order valence-electron chi connectivity index (χ4n) is 9.00. The van der Waals surface area contributed by atoms with Crippen LogP contribution in [0.15, 0.2) is 57.5 Å². The summed E-state index contributed by atoms with van der Waals surface area (Å²) in [6.45, 7) is 4.72. The number of benzene rings is 1. The Morgan fingerprint density at radius 2 is 1.23 bits per heavy atom. The molecule has 0 saturated carbocycles. The fraction of sp³-hybridized carbons (Fsp3) is 0.409. The van der Waals surface area contributed by atoms with Crippen molar-refractivity contribution in [2.24, 2.45) is 15.9 Å². The number of aliphatic carboxylic acids is 1. The lowest BCUT2D eigenvalue weighted by atomic mass is 9.88.